The van der Waals surface area contributed by atoms with E-state index in [-0.39, 0.29) is 10.8 Å². The molecule has 11 aromatic carbocycles. The van der Waals surface area contributed by atoms with Gasteiger partial charge in [0.15, 0.2) is 0 Å². The average molecular weight is 976 g/mol. The normalized spacial score (nSPS) is 14.0. The summed E-state index contributed by atoms with van der Waals surface area (Å²) in [5, 5.41) is 6.83. The van der Waals surface area contributed by atoms with Crippen molar-refractivity contribution in [3.63, 3.8) is 0 Å². The van der Waals surface area contributed by atoms with Gasteiger partial charge in [-0.15, -0.1) is 0 Å². The van der Waals surface area contributed by atoms with Crippen LogP contribution < -0.4 is 4.90 Å². The van der Waals surface area contributed by atoms with E-state index in [0.29, 0.717) is 0 Å². The molecule has 0 amide bonds. The minimum absolute atomic E-state index is 0.264. The molecule has 0 fully saturated rings. The van der Waals surface area contributed by atoms with E-state index in [1.54, 1.807) is 0 Å². The second kappa shape index (κ2) is 15.6. The van der Waals surface area contributed by atoms with Crippen LogP contribution in [0.15, 0.2) is 238 Å². The van der Waals surface area contributed by atoms with Gasteiger partial charge >= 0.3 is 0 Å². The van der Waals surface area contributed by atoms with Gasteiger partial charge in [0, 0.05) is 60.2 Å². The molecule has 16 rings (SSSR count). The Hall–Kier alpha value is -9.38. The molecule has 0 N–H and O–H groups in total. The Bertz CT molecular complexity index is 4540. The van der Waals surface area contributed by atoms with Gasteiger partial charge in [-0.3, -0.25) is 0 Å². The predicted octanol–water partition coefficient (Wildman–Crippen LogP) is 20.5. The van der Waals surface area contributed by atoms with E-state index in [2.05, 4.69) is 221 Å². The summed E-state index contributed by atoms with van der Waals surface area (Å²) in [6, 6.07) is 82.0. The van der Waals surface area contributed by atoms with Crippen molar-refractivity contribution in [3.8, 4) is 55.6 Å². The molecule has 4 nitrogen and oxygen atoms in total. The van der Waals surface area contributed by atoms with Crippen LogP contribution in [0.3, 0.4) is 0 Å². The summed E-state index contributed by atoms with van der Waals surface area (Å²) in [6.07, 6.45) is 0. The van der Waals surface area contributed by atoms with E-state index in [4.69, 9.17) is 13.3 Å². The molecule has 0 unspecified atom stereocenters. The van der Waals surface area contributed by atoms with Crippen molar-refractivity contribution in [2.75, 3.05) is 4.90 Å². The van der Waals surface area contributed by atoms with Gasteiger partial charge in [-0.25, -0.2) is 0 Å². The molecular formula is C72H49NO3. The summed E-state index contributed by atoms with van der Waals surface area (Å²) < 4.78 is 18.9. The van der Waals surface area contributed by atoms with E-state index in [0.717, 1.165) is 105 Å². The van der Waals surface area contributed by atoms with Gasteiger partial charge in [0.05, 0.1) is 0 Å². The molecule has 2 aliphatic rings. The number of para-hydroxylation sites is 3. The van der Waals surface area contributed by atoms with Crippen molar-refractivity contribution in [3.05, 3.63) is 247 Å². The third-order valence-electron chi connectivity index (χ3n) is 17.1. The molecule has 0 bridgehead atoms. The summed E-state index contributed by atoms with van der Waals surface area (Å²) in [5.74, 6) is 0. The van der Waals surface area contributed by atoms with Crippen LogP contribution in [-0.4, -0.2) is 0 Å². The van der Waals surface area contributed by atoms with Crippen molar-refractivity contribution in [2.24, 2.45) is 0 Å². The Morgan fingerprint density at radius 2 is 0.579 bits per heavy atom. The number of rotatable bonds is 6. The molecule has 0 radical (unpaired) electrons. The summed E-state index contributed by atoms with van der Waals surface area (Å²) in [6.45, 7) is 9.52. The average Bonchev–Trinajstić information content (AvgIpc) is 4.25. The molecule has 360 valence electrons. The largest absolute Gasteiger partial charge is 0.456 e. The minimum Gasteiger partial charge on any atom is -0.456 e. The fourth-order valence-corrected chi connectivity index (χ4v) is 13.1. The van der Waals surface area contributed by atoms with Crippen molar-refractivity contribution >= 4 is 82.9 Å². The van der Waals surface area contributed by atoms with E-state index in [1.165, 1.54) is 55.6 Å². The third-order valence-corrected chi connectivity index (χ3v) is 17.1. The highest BCUT2D eigenvalue weighted by molar-refractivity contribution is 6.08. The van der Waals surface area contributed by atoms with Crippen LogP contribution in [0, 0.1) is 0 Å². The maximum atomic E-state index is 6.35. The smallest absolute Gasteiger partial charge is 0.136 e. The number of anilines is 3. The second-order valence-corrected chi connectivity index (χ2v) is 22.0. The first kappa shape index (κ1) is 43.1. The van der Waals surface area contributed by atoms with E-state index in [1.807, 2.05) is 36.4 Å². The topological polar surface area (TPSA) is 42.7 Å². The molecule has 14 aromatic rings. The zero-order valence-corrected chi connectivity index (χ0v) is 42.5. The van der Waals surface area contributed by atoms with Gasteiger partial charge in [-0.05, 0) is 181 Å². The number of benzene rings is 11. The Kier molecular flexibility index (Phi) is 8.83. The molecule has 4 heteroatoms. The van der Waals surface area contributed by atoms with Crippen molar-refractivity contribution in [1.29, 1.82) is 0 Å². The Morgan fingerprint density at radius 3 is 1.08 bits per heavy atom. The fraction of sp³-hybridized carbons (Fsp3) is 0.0833. The quantitative estimate of drug-likeness (QED) is 0.167. The lowest BCUT2D eigenvalue weighted by Crippen LogP contribution is -2.18. The summed E-state index contributed by atoms with van der Waals surface area (Å²) in [4.78, 5) is 2.46. The molecule has 0 saturated heterocycles. The Morgan fingerprint density at radius 1 is 0.250 bits per heavy atom. The van der Waals surface area contributed by atoms with Crippen LogP contribution >= 0.6 is 0 Å². The summed E-state index contributed by atoms with van der Waals surface area (Å²) in [7, 11) is 0. The lowest BCUT2D eigenvalue weighted by atomic mass is 9.81. The van der Waals surface area contributed by atoms with Crippen molar-refractivity contribution in [1.82, 2.24) is 0 Å². The molecule has 0 spiro atoms. The van der Waals surface area contributed by atoms with E-state index in [9.17, 15) is 0 Å². The second-order valence-electron chi connectivity index (χ2n) is 22.0. The number of hydrogen-bond acceptors (Lipinski definition) is 4. The maximum absolute atomic E-state index is 6.35. The Labute approximate surface area is 439 Å². The maximum Gasteiger partial charge on any atom is 0.136 e. The van der Waals surface area contributed by atoms with Crippen LogP contribution in [-0.2, 0) is 10.8 Å². The van der Waals surface area contributed by atoms with Crippen LogP contribution in [0.5, 0.6) is 0 Å². The van der Waals surface area contributed by atoms with Crippen LogP contribution in [0.1, 0.15) is 49.9 Å². The minimum atomic E-state index is -0.264. The van der Waals surface area contributed by atoms with Gasteiger partial charge < -0.3 is 18.2 Å². The first-order valence-electron chi connectivity index (χ1n) is 26.4. The molecule has 0 atom stereocenters. The molecular weight excluding hydrogens is 927 g/mol. The van der Waals surface area contributed by atoms with Crippen molar-refractivity contribution < 1.29 is 13.3 Å². The molecule has 3 aromatic heterocycles. The van der Waals surface area contributed by atoms with Gasteiger partial charge in [-0.1, -0.05) is 149 Å². The number of furan rings is 3. The van der Waals surface area contributed by atoms with E-state index < -0.39 is 0 Å². The first-order valence-corrected chi connectivity index (χ1v) is 26.4. The van der Waals surface area contributed by atoms with Crippen molar-refractivity contribution in [2.45, 2.75) is 38.5 Å². The highest BCUT2D eigenvalue weighted by Gasteiger charge is 2.38. The number of fused-ring (bicyclic) bond motifs is 15. The van der Waals surface area contributed by atoms with Gasteiger partial charge in [0.25, 0.3) is 0 Å². The predicted molar refractivity (Wildman–Crippen MR) is 314 cm³/mol. The number of hydrogen-bond donors (Lipinski definition) is 0. The summed E-state index contributed by atoms with van der Waals surface area (Å²) in [5.41, 5.74) is 25.6. The van der Waals surface area contributed by atoms with Gasteiger partial charge in [0.1, 0.15) is 33.5 Å². The highest BCUT2D eigenvalue weighted by atomic mass is 16.3. The SMILES string of the molecule is CC1(C)c2cc(-c3ccc4c(c3)oc3ccccc34)ccc2-c2ccc(N(c3ccc(-c4ccc5oc6ccccc6c5c4)cc3)c3ccc4c(c3)C(C)(C)c3cc(-c5ccc6c(c5)oc5ccccc56)ccc3-4)cc21. The van der Waals surface area contributed by atoms with Crippen LogP contribution in [0.25, 0.3) is 121 Å². The van der Waals surface area contributed by atoms with Gasteiger partial charge in [0.2, 0.25) is 0 Å². The Balaban J connectivity index is 0.791. The van der Waals surface area contributed by atoms with Crippen LogP contribution in [0.4, 0.5) is 17.1 Å². The zero-order valence-electron chi connectivity index (χ0n) is 42.5. The highest BCUT2D eigenvalue weighted by Crippen LogP contribution is 2.54. The monoisotopic (exact) mass is 975 g/mol. The number of nitrogens with zero attached hydrogens (tertiary/aromatic N) is 1. The molecule has 3 heterocycles. The third kappa shape index (κ3) is 6.25. The lowest BCUT2D eigenvalue weighted by Gasteiger charge is -2.30. The van der Waals surface area contributed by atoms with Crippen LogP contribution in [0.2, 0.25) is 0 Å². The fourth-order valence-electron chi connectivity index (χ4n) is 13.1. The summed E-state index contributed by atoms with van der Waals surface area (Å²) >= 11 is 0. The zero-order chi connectivity index (χ0) is 50.6. The molecule has 0 aliphatic heterocycles. The standard InChI is InChI=1S/C72H49NO3/c1-71(2)61-36-44(46-21-30-58-55-11-5-8-14-65(55)75-69(58)38-46)19-28-51(61)53-32-26-49(40-63(53)71)73(48-24-17-42(18-25-48)43-23-34-68-60(35-43)57-13-7-10-16-67(57)74-68)50-27-33-54-52-29-20-45(37-62(52)72(3,4)64(54)41-50)47-22-31-59-56-12-6-9-15-66(56)76-70(59)39-47/h5-41H,1-4H3. The van der Waals surface area contributed by atoms with E-state index >= 15 is 0 Å². The molecule has 76 heavy (non-hydrogen) atoms. The molecule has 0 saturated carbocycles. The van der Waals surface area contributed by atoms with Gasteiger partial charge in [-0.2, -0.15) is 0 Å². The first-order chi connectivity index (χ1) is 37.1. The molecule has 2 aliphatic carbocycles. The lowest BCUT2D eigenvalue weighted by molar-refractivity contribution is 0.660.